The van der Waals surface area contributed by atoms with E-state index in [1.165, 1.54) is 0 Å². The van der Waals surface area contributed by atoms with Gasteiger partial charge in [-0.3, -0.25) is 0 Å². The van der Waals surface area contributed by atoms with E-state index in [2.05, 4.69) is 10.1 Å². The van der Waals surface area contributed by atoms with Gasteiger partial charge in [-0.2, -0.15) is 0 Å². The number of halogens is 3. The number of aromatic carboxylic acids is 1. The minimum atomic E-state index is -2.84. The summed E-state index contributed by atoms with van der Waals surface area (Å²) in [5, 5.41) is 13.9. The Kier molecular flexibility index (Phi) is 6.16. The highest BCUT2D eigenvalue weighted by molar-refractivity contribution is 6.00. The van der Waals surface area contributed by atoms with Crippen LogP contribution in [0.25, 0.3) is 39.0 Å². The quantitative estimate of drug-likeness (QED) is 0.272. The number of carboxylic acid groups (broad SMARTS) is 1. The van der Waals surface area contributed by atoms with Crippen LogP contribution in [-0.4, -0.2) is 38.8 Å². The van der Waals surface area contributed by atoms with Crippen molar-refractivity contribution in [3.63, 3.8) is 0 Å². The second-order valence-electron chi connectivity index (χ2n) is 8.38. The summed E-state index contributed by atoms with van der Waals surface area (Å²) in [5.41, 5.74) is 2.94. The number of ether oxygens (including phenoxy) is 1. The van der Waals surface area contributed by atoms with Gasteiger partial charge in [0.15, 0.2) is 0 Å². The van der Waals surface area contributed by atoms with Crippen LogP contribution < -0.4 is 4.74 Å². The summed E-state index contributed by atoms with van der Waals surface area (Å²) >= 11 is 0. The molecule has 0 aliphatic heterocycles. The van der Waals surface area contributed by atoms with Crippen LogP contribution in [0.4, 0.5) is 13.2 Å². The first kappa shape index (κ1) is 24.1. The molecule has 5 rings (SSSR count). The summed E-state index contributed by atoms with van der Waals surface area (Å²) in [6, 6.07) is 12.8. The highest BCUT2D eigenvalue weighted by Crippen LogP contribution is 2.41. The van der Waals surface area contributed by atoms with Crippen molar-refractivity contribution >= 4 is 17.0 Å². The Bertz CT molecular complexity index is 1610. The Labute approximate surface area is 208 Å². The number of hydrogen-bond acceptors (Lipinski definition) is 5. The van der Waals surface area contributed by atoms with E-state index in [9.17, 15) is 18.7 Å². The minimum absolute atomic E-state index is 0.150. The predicted octanol–water partition coefficient (Wildman–Crippen LogP) is 6.45. The number of aromatic nitrogens is 3. The number of aryl methyl sites for hydroxylation is 2. The predicted molar refractivity (Wildman–Crippen MR) is 130 cm³/mol. The van der Waals surface area contributed by atoms with Gasteiger partial charge in [-0.05, 0) is 44.2 Å². The molecule has 5 aromatic rings. The number of carbonyl (C=O) groups is 1. The topological polar surface area (TPSA) is 90.4 Å². The van der Waals surface area contributed by atoms with Crippen LogP contribution in [-0.2, 0) is 0 Å². The minimum Gasteiger partial charge on any atom is -0.487 e. The van der Waals surface area contributed by atoms with Gasteiger partial charge in [0.1, 0.15) is 29.6 Å². The summed E-state index contributed by atoms with van der Waals surface area (Å²) in [6.45, 7) is 2.51. The van der Waals surface area contributed by atoms with Gasteiger partial charge in [0.25, 0.3) is 6.43 Å². The van der Waals surface area contributed by atoms with E-state index in [4.69, 9.17) is 9.26 Å². The maximum atomic E-state index is 15.5. The number of benzene rings is 2. The van der Waals surface area contributed by atoms with E-state index in [0.29, 0.717) is 33.6 Å². The van der Waals surface area contributed by atoms with Crippen LogP contribution in [0, 0.1) is 19.7 Å². The fraction of sp³-hybridized carbons (Fsp3) is 0.148. The van der Waals surface area contributed by atoms with Crippen LogP contribution in [0.15, 0.2) is 65.4 Å². The Morgan fingerprint density at radius 3 is 2.54 bits per heavy atom. The van der Waals surface area contributed by atoms with Gasteiger partial charge >= 0.3 is 5.97 Å². The van der Waals surface area contributed by atoms with Crippen molar-refractivity contribution in [3.05, 3.63) is 83.8 Å². The normalized spacial score (nSPS) is 11.4. The van der Waals surface area contributed by atoms with Crippen LogP contribution >= 0.6 is 0 Å². The van der Waals surface area contributed by atoms with Crippen molar-refractivity contribution in [2.24, 2.45) is 0 Å². The van der Waals surface area contributed by atoms with E-state index in [1.807, 2.05) is 30.3 Å². The molecule has 0 atom stereocenters. The van der Waals surface area contributed by atoms with Gasteiger partial charge < -0.3 is 18.9 Å². The highest BCUT2D eigenvalue weighted by Gasteiger charge is 2.24. The zero-order valence-corrected chi connectivity index (χ0v) is 19.7. The smallest absolute Gasteiger partial charge is 0.335 e. The summed E-state index contributed by atoms with van der Waals surface area (Å²) in [5.74, 6) is -2.09. The molecule has 188 valence electrons. The largest absolute Gasteiger partial charge is 0.487 e. The van der Waals surface area contributed by atoms with Crippen LogP contribution in [0.3, 0.4) is 0 Å². The molecule has 2 aromatic carbocycles. The van der Waals surface area contributed by atoms with Gasteiger partial charge in [-0.15, -0.1) is 0 Å². The molecule has 10 heteroatoms. The van der Waals surface area contributed by atoms with E-state index >= 15 is 4.39 Å². The first-order valence-electron chi connectivity index (χ1n) is 11.2. The molecule has 1 N–H and O–H groups in total. The molecule has 3 aromatic heterocycles. The van der Waals surface area contributed by atoms with Gasteiger partial charge in [0.05, 0.1) is 16.8 Å². The molecule has 7 nitrogen and oxygen atoms in total. The van der Waals surface area contributed by atoms with E-state index < -0.39 is 30.4 Å². The van der Waals surface area contributed by atoms with Crippen molar-refractivity contribution in [1.82, 2.24) is 14.7 Å². The van der Waals surface area contributed by atoms with Crippen molar-refractivity contribution in [1.29, 1.82) is 0 Å². The lowest BCUT2D eigenvalue weighted by Crippen LogP contribution is -2.09. The number of nitrogens with zero attached hydrogens (tertiary/aromatic N) is 3. The lowest BCUT2D eigenvalue weighted by atomic mass is 9.99. The van der Waals surface area contributed by atoms with E-state index in [-0.39, 0.29) is 11.3 Å². The van der Waals surface area contributed by atoms with Crippen molar-refractivity contribution in [2.75, 3.05) is 6.61 Å². The second-order valence-corrected chi connectivity index (χ2v) is 8.38. The van der Waals surface area contributed by atoms with Crippen molar-refractivity contribution in [3.8, 4) is 33.7 Å². The van der Waals surface area contributed by atoms with Crippen LogP contribution in [0.1, 0.15) is 21.8 Å². The zero-order valence-electron chi connectivity index (χ0n) is 19.7. The Morgan fingerprint density at radius 2 is 1.89 bits per heavy atom. The highest BCUT2D eigenvalue weighted by atomic mass is 19.3. The van der Waals surface area contributed by atoms with Gasteiger partial charge in [-0.25, -0.2) is 22.9 Å². The summed E-state index contributed by atoms with van der Waals surface area (Å²) in [4.78, 5) is 16.2. The Morgan fingerprint density at radius 1 is 1.14 bits per heavy atom. The first-order chi connectivity index (χ1) is 17.7. The number of pyridine rings is 1. The molecule has 0 aliphatic carbocycles. The van der Waals surface area contributed by atoms with Gasteiger partial charge in [-0.1, -0.05) is 23.4 Å². The molecule has 0 radical (unpaired) electrons. The zero-order chi connectivity index (χ0) is 26.3. The lowest BCUT2D eigenvalue weighted by molar-refractivity contribution is 0.0694. The van der Waals surface area contributed by atoms with Crippen LogP contribution in [0.2, 0.25) is 0 Å². The fourth-order valence-electron chi connectivity index (χ4n) is 4.36. The maximum Gasteiger partial charge on any atom is 0.335 e. The fourth-order valence-corrected chi connectivity index (χ4v) is 4.36. The van der Waals surface area contributed by atoms with E-state index in [0.717, 1.165) is 23.4 Å². The third-order valence-electron chi connectivity index (χ3n) is 5.93. The number of para-hydroxylation sites is 1. The van der Waals surface area contributed by atoms with Gasteiger partial charge in [0, 0.05) is 40.2 Å². The Hall–Kier alpha value is -4.60. The van der Waals surface area contributed by atoms with Crippen molar-refractivity contribution in [2.45, 2.75) is 20.3 Å². The monoisotopic (exact) mass is 507 g/mol. The molecule has 0 spiro atoms. The number of hydrogen-bond donors (Lipinski definition) is 1. The van der Waals surface area contributed by atoms with Crippen LogP contribution in [0.5, 0.6) is 5.75 Å². The molecule has 0 saturated heterocycles. The van der Waals surface area contributed by atoms with Crippen molar-refractivity contribution < 1.29 is 32.3 Å². The molecule has 37 heavy (non-hydrogen) atoms. The molecule has 0 fully saturated rings. The van der Waals surface area contributed by atoms with Gasteiger partial charge in [0.2, 0.25) is 0 Å². The maximum absolute atomic E-state index is 15.5. The average molecular weight is 507 g/mol. The third-order valence-corrected chi connectivity index (χ3v) is 5.93. The molecule has 0 unspecified atom stereocenters. The molecule has 0 aliphatic rings. The molecule has 0 bridgehead atoms. The van der Waals surface area contributed by atoms with E-state index in [1.54, 1.807) is 36.9 Å². The molecule has 0 saturated carbocycles. The molecular weight excluding hydrogens is 487 g/mol. The SMILES string of the molecule is Cc1noc(C)c1-c1cnc2c(c1)c(-c1c(F)cc(C(=O)O)cc1OCC(F)F)cn2-c1ccccc1. The number of rotatable bonds is 7. The summed E-state index contributed by atoms with van der Waals surface area (Å²) in [7, 11) is 0. The number of fused-ring (bicyclic) bond motifs is 1. The standard InChI is InChI=1S/C27H20F3N3O4/c1-14-24(15(2)37-32-14)17-8-19-20(12-33(26(19)31-11-17)18-6-4-3-5-7-18)25-21(28)9-16(27(34)35)10-22(25)36-13-23(29)30/h3-12,23H,13H2,1-2H3,(H,34,35). The third kappa shape index (κ3) is 4.42. The average Bonchev–Trinajstić information content (AvgIpc) is 3.41. The number of carboxylic acids is 1. The lowest BCUT2D eigenvalue weighted by Gasteiger charge is -2.13. The summed E-state index contributed by atoms with van der Waals surface area (Å²) < 4.78 is 53.8. The summed E-state index contributed by atoms with van der Waals surface area (Å²) in [6.07, 6.45) is 0.428. The molecule has 3 heterocycles. The Balaban J connectivity index is 1.82. The first-order valence-corrected chi connectivity index (χ1v) is 11.2. The molecular formula is C27H20F3N3O4. The second kappa shape index (κ2) is 9.45. The molecule has 0 amide bonds. The number of alkyl halides is 2.